The van der Waals surface area contributed by atoms with E-state index >= 15 is 0 Å². The summed E-state index contributed by atoms with van der Waals surface area (Å²) in [6.07, 6.45) is 6.61. The van der Waals surface area contributed by atoms with E-state index in [1.54, 1.807) is 23.5 Å². The Morgan fingerprint density at radius 1 is 0.938 bits per heavy atom. The molecule has 8 nitrogen and oxygen atoms in total. The number of hydrogen-bond acceptors (Lipinski definition) is 7. The first-order valence-corrected chi connectivity index (χ1v) is 10.8. The number of benzene rings is 1. The van der Waals surface area contributed by atoms with Crippen molar-refractivity contribution in [1.29, 1.82) is 0 Å². The average Bonchev–Trinajstić information content (AvgIpc) is 2.87. The van der Waals surface area contributed by atoms with Crippen LogP contribution in [-0.4, -0.2) is 65.3 Å². The summed E-state index contributed by atoms with van der Waals surface area (Å²) in [5.41, 5.74) is 3.35. The van der Waals surface area contributed by atoms with Crippen molar-refractivity contribution in [1.82, 2.24) is 19.9 Å². The molecule has 0 spiro atoms. The second-order valence-electron chi connectivity index (χ2n) is 7.72. The standard InChI is InChI=1S/C24H24N4O4/c29-24(28-7-9-30-10-8-28)19-14-18(15-25-16-19)23-26-6-5-20(27-23)3-1-17-2-4-21-22(13-17)32-12-11-31-21/h2,4-6,13-16H,1,3,7-12H2. The molecular formula is C24H24N4O4. The minimum absolute atomic E-state index is 0.0441. The quantitative estimate of drug-likeness (QED) is 0.612. The number of fused-ring (bicyclic) bond motifs is 1. The van der Waals surface area contributed by atoms with Crippen molar-refractivity contribution in [3.8, 4) is 22.9 Å². The van der Waals surface area contributed by atoms with Crippen LogP contribution in [0.2, 0.25) is 0 Å². The Kier molecular flexibility index (Phi) is 5.93. The minimum atomic E-state index is -0.0441. The van der Waals surface area contributed by atoms with E-state index < -0.39 is 0 Å². The first-order chi connectivity index (χ1) is 15.8. The predicted molar refractivity (Wildman–Crippen MR) is 117 cm³/mol. The number of hydrogen-bond donors (Lipinski definition) is 0. The molecule has 0 aliphatic carbocycles. The number of ether oxygens (including phenoxy) is 3. The molecule has 0 bridgehead atoms. The van der Waals surface area contributed by atoms with Crippen LogP contribution >= 0.6 is 0 Å². The fourth-order valence-electron chi connectivity index (χ4n) is 3.82. The van der Waals surface area contributed by atoms with Gasteiger partial charge in [-0.25, -0.2) is 9.97 Å². The van der Waals surface area contributed by atoms with Crippen LogP contribution in [-0.2, 0) is 17.6 Å². The van der Waals surface area contributed by atoms with Crippen LogP contribution in [0, 0.1) is 0 Å². The highest BCUT2D eigenvalue weighted by atomic mass is 16.6. The normalized spacial score (nSPS) is 15.4. The van der Waals surface area contributed by atoms with Gasteiger partial charge in [0, 0.05) is 42.9 Å². The molecule has 0 saturated carbocycles. The van der Waals surface area contributed by atoms with E-state index in [-0.39, 0.29) is 5.91 Å². The van der Waals surface area contributed by atoms with Crippen LogP contribution in [0.4, 0.5) is 0 Å². The van der Waals surface area contributed by atoms with Crippen LogP contribution in [0.5, 0.6) is 11.5 Å². The Hall–Kier alpha value is -3.52. The third-order valence-corrected chi connectivity index (χ3v) is 5.53. The zero-order chi connectivity index (χ0) is 21.8. The Morgan fingerprint density at radius 2 is 1.78 bits per heavy atom. The van der Waals surface area contributed by atoms with Crippen LogP contribution in [0.25, 0.3) is 11.4 Å². The summed E-state index contributed by atoms with van der Waals surface area (Å²) in [6, 6.07) is 9.77. The van der Waals surface area contributed by atoms with E-state index in [2.05, 4.69) is 16.0 Å². The maximum atomic E-state index is 12.8. The summed E-state index contributed by atoms with van der Waals surface area (Å²) >= 11 is 0. The van der Waals surface area contributed by atoms with Crippen molar-refractivity contribution in [3.63, 3.8) is 0 Å². The Morgan fingerprint density at radius 3 is 2.66 bits per heavy atom. The summed E-state index contributed by atoms with van der Waals surface area (Å²) < 4.78 is 16.6. The maximum Gasteiger partial charge on any atom is 0.255 e. The van der Waals surface area contributed by atoms with Gasteiger partial charge in [0.25, 0.3) is 5.91 Å². The van der Waals surface area contributed by atoms with Gasteiger partial charge in [0.2, 0.25) is 0 Å². The molecule has 3 aromatic rings. The third-order valence-electron chi connectivity index (χ3n) is 5.53. The number of amides is 1. The van der Waals surface area contributed by atoms with Crippen LogP contribution < -0.4 is 9.47 Å². The number of pyridine rings is 1. The average molecular weight is 432 g/mol. The molecule has 1 aromatic carbocycles. The first-order valence-electron chi connectivity index (χ1n) is 10.8. The molecule has 0 atom stereocenters. The summed E-state index contributed by atoms with van der Waals surface area (Å²) in [6.45, 7) is 3.47. The number of aryl methyl sites for hydroxylation is 2. The molecule has 2 aliphatic rings. The van der Waals surface area contributed by atoms with Gasteiger partial charge in [-0.2, -0.15) is 0 Å². The van der Waals surface area contributed by atoms with E-state index in [0.717, 1.165) is 41.2 Å². The van der Waals surface area contributed by atoms with Crippen molar-refractivity contribution in [3.05, 3.63) is 65.7 Å². The van der Waals surface area contributed by atoms with Gasteiger partial charge in [-0.15, -0.1) is 0 Å². The van der Waals surface area contributed by atoms with Crippen molar-refractivity contribution >= 4 is 5.91 Å². The molecule has 4 heterocycles. The molecule has 2 aliphatic heterocycles. The van der Waals surface area contributed by atoms with Crippen molar-refractivity contribution in [2.45, 2.75) is 12.8 Å². The highest BCUT2D eigenvalue weighted by molar-refractivity contribution is 5.95. The van der Waals surface area contributed by atoms with Gasteiger partial charge in [-0.3, -0.25) is 9.78 Å². The molecule has 2 aromatic heterocycles. The second-order valence-corrected chi connectivity index (χ2v) is 7.72. The van der Waals surface area contributed by atoms with Crippen LogP contribution in [0.1, 0.15) is 21.6 Å². The van der Waals surface area contributed by atoms with Crippen LogP contribution in [0.3, 0.4) is 0 Å². The third kappa shape index (κ3) is 4.55. The van der Waals surface area contributed by atoms with E-state index in [4.69, 9.17) is 19.2 Å². The lowest BCUT2D eigenvalue weighted by Crippen LogP contribution is -2.40. The molecule has 0 N–H and O–H groups in total. The number of aromatic nitrogens is 3. The summed E-state index contributed by atoms with van der Waals surface area (Å²) in [7, 11) is 0. The van der Waals surface area contributed by atoms with Gasteiger partial charge in [0.05, 0.1) is 18.8 Å². The molecule has 1 amide bonds. The highest BCUT2D eigenvalue weighted by Crippen LogP contribution is 2.31. The van der Waals surface area contributed by atoms with Gasteiger partial charge in [-0.05, 0) is 42.7 Å². The van der Waals surface area contributed by atoms with Gasteiger partial charge in [0.15, 0.2) is 17.3 Å². The van der Waals surface area contributed by atoms with Crippen molar-refractivity contribution in [2.24, 2.45) is 0 Å². The monoisotopic (exact) mass is 432 g/mol. The fourth-order valence-corrected chi connectivity index (χ4v) is 3.82. The number of rotatable bonds is 5. The van der Waals surface area contributed by atoms with Crippen molar-refractivity contribution in [2.75, 3.05) is 39.5 Å². The molecule has 1 fully saturated rings. The zero-order valence-electron chi connectivity index (χ0n) is 17.7. The lowest BCUT2D eigenvalue weighted by molar-refractivity contribution is 0.0302. The summed E-state index contributed by atoms with van der Waals surface area (Å²) in [5, 5.41) is 0. The van der Waals surface area contributed by atoms with E-state index in [1.165, 1.54) is 0 Å². The Bertz CT molecular complexity index is 1110. The summed E-state index contributed by atoms with van der Waals surface area (Å²) in [4.78, 5) is 27.9. The largest absolute Gasteiger partial charge is 0.486 e. The smallest absolute Gasteiger partial charge is 0.255 e. The molecule has 164 valence electrons. The molecule has 0 unspecified atom stereocenters. The molecule has 32 heavy (non-hydrogen) atoms. The van der Waals surface area contributed by atoms with Gasteiger partial charge < -0.3 is 19.1 Å². The second kappa shape index (κ2) is 9.32. The molecular weight excluding hydrogens is 408 g/mol. The van der Waals surface area contributed by atoms with E-state index in [0.29, 0.717) is 50.9 Å². The zero-order valence-corrected chi connectivity index (χ0v) is 17.7. The predicted octanol–water partition coefficient (Wildman–Crippen LogP) is 2.57. The molecule has 1 saturated heterocycles. The lowest BCUT2D eigenvalue weighted by Gasteiger charge is -2.26. The minimum Gasteiger partial charge on any atom is -0.486 e. The maximum absolute atomic E-state index is 12.8. The van der Waals surface area contributed by atoms with Gasteiger partial charge in [0.1, 0.15) is 13.2 Å². The number of carbonyl (C=O) groups excluding carboxylic acids is 1. The number of morpholine rings is 1. The van der Waals surface area contributed by atoms with E-state index in [9.17, 15) is 4.79 Å². The molecule has 5 rings (SSSR count). The number of carbonyl (C=O) groups is 1. The Balaban J connectivity index is 1.29. The summed E-state index contributed by atoms with van der Waals surface area (Å²) in [5.74, 6) is 2.11. The number of nitrogens with zero attached hydrogens (tertiary/aromatic N) is 4. The lowest BCUT2D eigenvalue weighted by atomic mass is 10.1. The first kappa shape index (κ1) is 20.4. The SMILES string of the molecule is O=C(c1cncc(-c2nccc(CCc3ccc4c(c3)OCCO4)n2)c1)N1CCOCC1. The van der Waals surface area contributed by atoms with Gasteiger partial charge in [-0.1, -0.05) is 6.07 Å². The van der Waals surface area contributed by atoms with Gasteiger partial charge >= 0.3 is 0 Å². The van der Waals surface area contributed by atoms with E-state index in [1.807, 2.05) is 24.3 Å². The molecule has 0 radical (unpaired) electrons. The fraction of sp³-hybridized carbons (Fsp3) is 0.333. The highest BCUT2D eigenvalue weighted by Gasteiger charge is 2.19. The molecule has 8 heteroatoms. The van der Waals surface area contributed by atoms with Crippen molar-refractivity contribution < 1.29 is 19.0 Å². The topological polar surface area (TPSA) is 86.7 Å². The van der Waals surface area contributed by atoms with Crippen LogP contribution in [0.15, 0.2) is 48.9 Å². The Labute approximate surface area is 186 Å².